The van der Waals surface area contributed by atoms with Gasteiger partial charge in [0.2, 0.25) is 0 Å². The van der Waals surface area contributed by atoms with Crippen molar-refractivity contribution < 1.29 is 4.39 Å². The summed E-state index contributed by atoms with van der Waals surface area (Å²) >= 11 is 0. The number of hydrogen-bond acceptors (Lipinski definition) is 4. The van der Waals surface area contributed by atoms with Crippen molar-refractivity contribution in [3.63, 3.8) is 0 Å². The van der Waals surface area contributed by atoms with Gasteiger partial charge in [-0.05, 0) is 36.6 Å². The van der Waals surface area contributed by atoms with Gasteiger partial charge in [-0.2, -0.15) is 0 Å². The molecule has 5 aromatic rings. The highest BCUT2D eigenvalue weighted by Crippen LogP contribution is 2.29. The van der Waals surface area contributed by atoms with Crippen LogP contribution < -0.4 is 5.56 Å². The SMILES string of the molecule is CC(C)CCn1cnc2c(c1=O)c1nc3ccccc3nc1n2-c1ccccc1F. The van der Waals surface area contributed by atoms with Gasteiger partial charge in [0.1, 0.15) is 16.7 Å². The molecule has 0 bridgehead atoms. The molecule has 0 aliphatic heterocycles. The summed E-state index contributed by atoms with van der Waals surface area (Å²) < 4.78 is 17.9. The molecule has 0 amide bonds. The minimum Gasteiger partial charge on any atom is -0.299 e. The number of benzene rings is 2. The van der Waals surface area contributed by atoms with Crippen molar-refractivity contribution in [2.45, 2.75) is 26.8 Å². The van der Waals surface area contributed by atoms with Crippen molar-refractivity contribution in [1.29, 1.82) is 0 Å². The molecule has 0 N–H and O–H groups in total. The number of aromatic nitrogens is 5. The maximum Gasteiger partial charge on any atom is 0.265 e. The van der Waals surface area contributed by atoms with Crippen LogP contribution >= 0.6 is 0 Å². The number of para-hydroxylation sites is 3. The molecule has 30 heavy (non-hydrogen) atoms. The molecule has 7 heteroatoms. The summed E-state index contributed by atoms with van der Waals surface area (Å²) in [5, 5.41) is 0.359. The largest absolute Gasteiger partial charge is 0.299 e. The topological polar surface area (TPSA) is 65.6 Å². The van der Waals surface area contributed by atoms with Gasteiger partial charge in [0.15, 0.2) is 11.3 Å². The normalized spacial score (nSPS) is 11.9. The first-order chi connectivity index (χ1) is 14.5. The Morgan fingerprint density at radius 2 is 1.67 bits per heavy atom. The van der Waals surface area contributed by atoms with Gasteiger partial charge in [0.05, 0.1) is 23.0 Å². The molecule has 0 aliphatic rings. The van der Waals surface area contributed by atoms with E-state index in [9.17, 15) is 9.18 Å². The fraction of sp³-hybridized carbons (Fsp3) is 0.217. The first-order valence-electron chi connectivity index (χ1n) is 9.96. The lowest BCUT2D eigenvalue weighted by Gasteiger charge is -2.09. The van der Waals surface area contributed by atoms with E-state index >= 15 is 0 Å². The zero-order chi connectivity index (χ0) is 20.8. The highest BCUT2D eigenvalue weighted by Gasteiger charge is 2.22. The van der Waals surface area contributed by atoms with E-state index in [4.69, 9.17) is 9.97 Å². The zero-order valence-corrected chi connectivity index (χ0v) is 16.7. The quantitative estimate of drug-likeness (QED) is 0.446. The van der Waals surface area contributed by atoms with E-state index in [1.165, 1.54) is 12.4 Å². The van der Waals surface area contributed by atoms with Crippen LogP contribution in [0.3, 0.4) is 0 Å². The summed E-state index contributed by atoms with van der Waals surface area (Å²) in [7, 11) is 0. The summed E-state index contributed by atoms with van der Waals surface area (Å²) in [6.45, 7) is 4.78. The van der Waals surface area contributed by atoms with E-state index in [2.05, 4.69) is 18.8 Å². The zero-order valence-electron chi connectivity index (χ0n) is 16.7. The van der Waals surface area contributed by atoms with Crippen molar-refractivity contribution in [1.82, 2.24) is 24.1 Å². The predicted molar refractivity (Wildman–Crippen MR) is 115 cm³/mol. The Morgan fingerprint density at radius 3 is 2.40 bits per heavy atom. The van der Waals surface area contributed by atoms with Crippen LogP contribution in [0.5, 0.6) is 0 Å². The van der Waals surface area contributed by atoms with Gasteiger partial charge in [0, 0.05) is 6.54 Å². The van der Waals surface area contributed by atoms with Gasteiger partial charge in [0.25, 0.3) is 5.56 Å². The first-order valence-corrected chi connectivity index (χ1v) is 9.96. The van der Waals surface area contributed by atoms with Crippen molar-refractivity contribution in [2.24, 2.45) is 5.92 Å². The summed E-state index contributed by atoms with van der Waals surface area (Å²) in [6, 6.07) is 13.8. The molecule has 2 aromatic carbocycles. The fourth-order valence-electron chi connectivity index (χ4n) is 3.69. The molecule has 0 aliphatic carbocycles. The Bertz CT molecular complexity index is 1470. The molecule has 3 aromatic heterocycles. The van der Waals surface area contributed by atoms with Gasteiger partial charge < -0.3 is 0 Å². The Hall–Kier alpha value is -3.61. The minimum atomic E-state index is -0.419. The number of rotatable bonds is 4. The van der Waals surface area contributed by atoms with E-state index in [0.717, 1.165) is 6.42 Å². The molecule has 0 saturated heterocycles. The van der Waals surface area contributed by atoms with Crippen LogP contribution in [0.2, 0.25) is 0 Å². The number of nitrogens with zero attached hydrogens (tertiary/aromatic N) is 5. The van der Waals surface area contributed by atoms with Gasteiger partial charge in [-0.3, -0.25) is 13.9 Å². The summed E-state index contributed by atoms with van der Waals surface area (Å²) in [5.41, 5.74) is 2.65. The molecule has 0 radical (unpaired) electrons. The summed E-state index contributed by atoms with van der Waals surface area (Å²) in [6.07, 6.45) is 2.39. The van der Waals surface area contributed by atoms with Crippen LogP contribution in [-0.2, 0) is 6.54 Å². The standard InChI is InChI=1S/C23H20FN5O/c1-14(2)11-12-28-13-25-21-19(23(28)30)20-22(27-17-9-5-4-8-16(17)26-20)29(21)18-10-6-3-7-15(18)24/h3-10,13-14H,11-12H2,1-2H3. The lowest BCUT2D eigenvalue weighted by atomic mass is 10.1. The molecule has 6 nitrogen and oxygen atoms in total. The fourth-order valence-corrected chi connectivity index (χ4v) is 3.69. The second kappa shape index (κ2) is 7.02. The van der Waals surface area contributed by atoms with Crippen molar-refractivity contribution in [3.8, 4) is 5.69 Å². The Balaban J connectivity index is 1.92. The van der Waals surface area contributed by atoms with Crippen LogP contribution in [0.15, 0.2) is 59.7 Å². The molecular weight excluding hydrogens is 381 g/mol. The molecular formula is C23H20FN5O. The summed E-state index contributed by atoms with van der Waals surface area (Å²) in [4.78, 5) is 27.4. The van der Waals surface area contributed by atoms with Crippen LogP contribution in [0.4, 0.5) is 4.39 Å². The van der Waals surface area contributed by atoms with Crippen molar-refractivity contribution in [2.75, 3.05) is 0 Å². The lowest BCUT2D eigenvalue weighted by molar-refractivity contribution is 0.506. The van der Waals surface area contributed by atoms with Gasteiger partial charge >= 0.3 is 0 Å². The molecule has 150 valence electrons. The number of hydrogen-bond donors (Lipinski definition) is 0. The number of halogens is 1. The first kappa shape index (κ1) is 18.4. The number of aryl methyl sites for hydroxylation is 1. The van der Waals surface area contributed by atoms with Gasteiger partial charge in [-0.15, -0.1) is 0 Å². The van der Waals surface area contributed by atoms with E-state index in [1.807, 2.05) is 24.3 Å². The lowest BCUT2D eigenvalue weighted by Crippen LogP contribution is -2.21. The van der Waals surface area contributed by atoms with Crippen LogP contribution in [0, 0.1) is 11.7 Å². The maximum atomic E-state index is 14.7. The molecule has 0 unspecified atom stereocenters. The van der Waals surface area contributed by atoms with E-state index < -0.39 is 5.82 Å². The van der Waals surface area contributed by atoms with E-state index in [0.29, 0.717) is 45.7 Å². The highest BCUT2D eigenvalue weighted by molar-refractivity contribution is 6.05. The van der Waals surface area contributed by atoms with Crippen molar-refractivity contribution in [3.05, 3.63) is 71.0 Å². The third-order valence-electron chi connectivity index (χ3n) is 5.27. The monoisotopic (exact) mass is 401 g/mol. The number of fused-ring (bicyclic) bond motifs is 4. The molecule has 0 spiro atoms. The smallest absolute Gasteiger partial charge is 0.265 e. The average molecular weight is 401 g/mol. The summed E-state index contributed by atoms with van der Waals surface area (Å²) in [5.74, 6) is 0.0353. The Kier molecular flexibility index (Phi) is 4.31. The van der Waals surface area contributed by atoms with Crippen LogP contribution in [0.25, 0.3) is 38.9 Å². The Labute approximate surface area is 171 Å². The third-order valence-corrected chi connectivity index (χ3v) is 5.27. The highest BCUT2D eigenvalue weighted by atomic mass is 19.1. The third kappa shape index (κ3) is 2.85. The van der Waals surface area contributed by atoms with E-state index in [-0.39, 0.29) is 11.2 Å². The molecule has 0 fully saturated rings. The van der Waals surface area contributed by atoms with Gasteiger partial charge in [-0.1, -0.05) is 38.1 Å². The van der Waals surface area contributed by atoms with E-state index in [1.54, 1.807) is 27.3 Å². The van der Waals surface area contributed by atoms with Gasteiger partial charge in [-0.25, -0.2) is 19.3 Å². The molecule has 3 heterocycles. The van der Waals surface area contributed by atoms with Crippen LogP contribution in [0.1, 0.15) is 20.3 Å². The minimum absolute atomic E-state index is 0.190. The second-order valence-electron chi connectivity index (χ2n) is 7.80. The Morgan fingerprint density at radius 1 is 0.967 bits per heavy atom. The molecule has 5 rings (SSSR count). The van der Waals surface area contributed by atoms with Crippen LogP contribution in [-0.4, -0.2) is 24.1 Å². The average Bonchev–Trinajstić information content (AvgIpc) is 3.05. The predicted octanol–water partition coefficient (Wildman–Crippen LogP) is 4.47. The molecule has 0 atom stereocenters. The molecule has 0 saturated carbocycles. The van der Waals surface area contributed by atoms with Crippen molar-refractivity contribution >= 4 is 33.2 Å². The maximum absolute atomic E-state index is 14.7. The second-order valence-corrected chi connectivity index (χ2v) is 7.80.